The lowest BCUT2D eigenvalue weighted by atomic mass is 10.1. The quantitative estimate of drug-likeness (QED) is 0.345. The number of carboxylic acids is 1. The number of hydrogen-bond acceptors (Lipinski definition) is 6. The zero-order valence-electron chi connectivity index (χ0n) is 20.0. The fourth-order valence-electron chi connectivity index (χ4n) is 3.59. The fourth-order valence-corrected chi connectivity index (χ4v) is 4.80. The molecule has 0 aliphatic rings. The van der Waals surface area contributed by atoms with Gasteiger partial charge in [-0.25, -0.2) is 4.79 Å². The highest BCUT2D eigenvalue weighted by Gasteiger charge is 2.38. The van der Waals surface area contributed by atoms with Crippen LogP contribution < -0.4 is 15.6 Å². The molecule has 0 atom stereocenters. The number of fused-ring (bicyclic) bond motifs is 3. The van der Waals surface area contributed by atoms with E-state index in [1.807, 2.05) is 36.4 Å². The van der Waals surface area contributed by atoms with Crippen LogP contribution in [-0.2, 0) is 17.9 Å². The molecule has 0 saturated carbocycles. The van der Waals surface area contributed by atoms with Crippen molar-refractivity contribution in [3.63, 3.8) is 0 Å². The van der Waals surface area contributed by atoms with E-state index in [1.165, 1.54) is 18.4 Å². The minimum atomic E-state index is -5.08. The number of methoxy groups -OCH3 is 1. The molecule has 196 valence electrons. The van der Waals surface area contributed by atoms with Gasteiger partial charge < -0.3 is 19.7 Å². The first-order valence-corrected chi connectivity index (χ1v) is 12.0. The number of rotatable bonds is 7. The Morgan fingerprint density at radius 3 is 2.41 bits per heavy atom. The number of carbonyl (C=O) groups is 2. The molecule has 2 N–H and O–H groups in total. The van der Waals surface area contributed by atoms with E-state index >= 15 is 0 Å². The van der Waals surface area contributed by atoms with Crippen molar-refractivity contribution in [2.75, 3.05) is 7.11 Å². The van der Waals surface area contributed by atoms with Crippen molar-refractivity contribution in [2.24, 2.45) is 0 Å². The van der Waals surface area contributed by atoms with Crippen LogP contribution in [0.1, 0.15) is 35.0 Å². The van der Waals surface area contributed by atoms with Gasteiger partial charge in [0.15, 0.2) is 5.75 Å². The molecule has 0 aliphatic carbocycles. The Morgan fingerprint density at radius 2 is 1.81 bits per heavy atom. The monoisotopic (exact) mass is 535 g/mol. The van der Waals surface area contributed by atoms with Crippen molar-refractivity contribution in [1.29, 1.82) is 0 Å². The van der Waals surface area contributed by atoms with Crippen LogP contribution in [0.15, 0.2) is 53.6 Å². The lowest BCUT2D eigenvalue weighted by molar-refractivity contribution is -0.192. The van der Waals surface area contributed by atoms with Gasteiger partial charge in [0.2, 0.25) is 0 Å². The summed E-state index contributed by atoms with van der Waals surface area (Å²) in [5.74, 6) is -2.66. The van der Waals surface area contributed by atoms with Gasteiger partial charge in [-0.1, -0.05) is 31.5 Å². The highest BCUT2D eigenvalue weighted by atomic mass is 32.1. The topological polar surface area (TPSA) is 111 Å². The predicted molar refractivity (Wildman–Crippen MR) is 134 cm³/mol. The molecule has 1 aromatic carbocycles. The largest absolute Gasteiger partial charge is 0.494 e. The maximum Gasteiger partial charge on any atom is 0.490 e. The van der Waals surface area contributed by atoms with Gasteiger partial charge in [0.1, 0.15) is 10.3 Å². The van der Waals surface area contributed by atoms with Gasteiger partial charge in [-0.2, -0.15) is 13.2 Å². The second kappa shape index (κ2) is 11.9. The lowest BCUT2D eigenvalue weighted by Crippen LogP contribution is -2.23. The first kappa shape index (κ1) is 27.7. The molecule has 4 aromatic rings. The van der Waals surface area contributed by atoms with Gasteiger partial charge in [-0.05, 0) is 30.2 Å². The highest BCUT2D eigenvalue weighted by Crippen LogP contribution is 2.39. The third-order valence-corrected chi connectivity index (χ3v) is 6.56. The predicted octanol–water partition coefficient (Wildman–Crippen LogP) is 4.98. The number of benzene rings is 1. The van der Waals surface area contributed by atoms with Gasteiger partial charge in [0, 0.05) is 30.9 Å². The second-order valence-corrected chi connectivity index (χ2v) is 8.86. The molecule has 12 heteroatoms. The summed E-state index contributed by atoms with van der Waals surface area (Å²) in [6.07, 6.45) is 0.183. The SMILES string of the molecule is CCCCn1c(=O)c2c(OC)c(C(=O)NCc3ccncc3)sc2c2ccccc21.O=C(O)C(F)(F)F. The molecule has 0 saturated heterocycles. The number of carboxylic acid groups (broad SMARTS) is 1. The number of aromatic nitrogens is 2. The van der Waals surface area contributed by atoms with Crippen LogP contribution in [0.5, 0.6) is 5.75 Å². The van der Waals surface area contributed by atoms with Crippen molar-refractivity contribution < 1.29 is 32.6 Å². The number of alkyl halides is 3. The minimum Gasteiger partial charge on any atom is -0.494 e. The summed E-state index contributed by atoms with van der Waals surface area (Å²) in [7, 11) is 1.51. The van der Waals surface area contributed by atoms with E-state index in [-0.39, 0.29) is 11.5 Å². The Balaban J connectivity index is 0.000000479. The van der Waals surface area contributed by atoms with Crippen molar-refractivity contribution in [3.05, 3.63) is 69.6 Å². The number of para-hydroxylation sites is 1. The molecule has 3 heterocycles. The average Bonchev–Trinajstić information content (AvgIpc) is 3.28. The molecule has 0 spiro atoms. The van der Waals surface area contributed by atoms with E-state index in [2.05, 4.69) is 17.2 Å². The molecule has 0 fully saturated rings. The Kier molecular flexibility index (Phi) is 8.87. The average molecular weight is 536 g/mol. The van der Waals surface area contributed by atoms with Crippen LogP contribution in [0.4, 0.5) is 13.2 Å². The number of pyridine rings is 2. The van der Waals surface area contributed by atoms with Crippen molar-refractivity contribution in [2.45, 2.75) is 39.0 Å². The Hall–Kier alpha value is -3.93. The van der Waals surface area contributed by atoms with E-state index in [4.69, 9.17) is 14.6 Å². The number of ether oxygens (including phenoxy) is 1. The zero-order chi connectivity index (χ0) is 27.2. The summed E-state index contributed by atoms with van der Waals surface area (Å²) in [5.41, 5.74) is 1.72. The Morgan fingerprint density at radius 1 is 1.16 bits per heavy atom. The number of unbranched alkanes of at least 4 members (excludes halogenated alkanes) is 1. The van der Waals surface area contributed by atoms with Gasteiger partial charge in [-0.15, -0.1) is 11.3 Å². The van der Waals surface area contributed by atoms with E-state index in [9.17, 15) is 22.8 Å². The van der Waals surface area contributed by atoms with E-state index in [0.717, 1.165) is 34.0 Å². The number of thiophene rings is 1. The summed E-state index contributed by atoms with van der Waals surface area (Å²) in [5, 5.41) is 11.5. The summed E-state index contributed by atoms with van der Waals surface area (Å²) in [6, 6.07) is 11.5. The van der Waals surface area contributed by atoms with Gasteiger partial charge >= 0.3 is 12.1 Å². The number of amides is 1. The number of carbonyl (C=O) groups excluding carboxylic acids is 1. The van der Waals surface area contributed by atoms with E-state index in [1.54, 1.807) is 17.0 Å². The van der Waals surface area contributed by atoms with Crippen LogP contribution >= 0.6 is 11.3 Å². The lowest BCUT2D eigenvalue weighted by Gasteiger charge is -2.11. The maximum atomic E-state index is 13.4. The van der Waals surface area contributed by atoms with E-state index < -0.39 is 12.1 Å². The summed E-state index contributed by atoms with van der Waals surface area (Å²) in [6.45, 7) is 3.11. The number of aliphatic carboxylic acids is 1. The number of hydrogen-bond donors (Lipinski definition) is 2. The molecule has 0 bridgehead atoms. The molecule has 3 aromatic heterocycles. The van der Waals surface area contributed by atoms with Gasteiger partial charge in [0.25, 0.3) is 11.5 Å². The van der Waals surface area contributed by atoms with Crippen molar-refractivity contribution in [1.82, 2.24) is 14.9 Å². The van der Waals surface area contributed by atoms with Crippen LogP contribution in [0, 0.1) is 0 Å². The summed E-state index contributed by atoms with van der Waals surface area (Å²) < 4.78 is 39.9. The highest BCUT2D eigenvalue weighted by molar-refractivity contribution is 7.22. The van der Waals surface area contributed by atoms with Gasteiger partial charge in [0.05, 0.1) is 17.3 Å². The summed E-state index contributed by atoms with van der Waals surface area (Å²) >= 11 is 1.31. The smallest absolute Gasteiger partial charge is 0.490 e. The molecule has 0 aliphatic heterocycles. The third kappa shape index (κ3) is 6.26. The number of halogens is 3. The fraction of sp³-hybridized carbons (Fsp3) is 0.280. The molecule has 0 radical (unpaired) electrons. The van der Waals surface area contributed by atoms with E-state index in [0.29, 0.717) is 29.1 Å². The Labute approximate surface area is 213 Å². The first-order valence-electron chi connectivity index (χ1n) is 11.2. The number of nitrogens with one attached hydrogen (secondary N) is 1. The molecule has 37 heavy (non-hydrogen) atoms. The Bertz CT molecular complexity index is 1470. The van der Waals surface area contributed by atoms with Crippen molar-refractivity contribution >= 4 is 44.2 Å². The van der Waals surface area contributed by atoms with Crippen LogP contribution in [0.2, 0.25) is 0 Å². The molecule has 8 nitrogen and oxygen atoms in total. The second-order valence-electron chi connectivity index (χ2n) is 7.84. The number of aryl methyl sites for hydroxylation is 1. The molecular weight excluding hydrogens is 511 g/mol. The summed E-state index contributed by atoms with van der Waals surface area (Å²) in [4.78, 5) is 39.7. The van der Waals surface area contributed by atoms with Crippen LogP contribution in [0.25, 0.3) is 21.0 Å². The first-order chi connectivity index (χ1) is 17.6. The normalized spacial score (nSPS) is 11.2. The van der Waals surface area contributed by atoms with Crippen LogP contribution in [0.3, 0.4) is 0 Å². The standard InChI is InChI=1S/C23H23N3O3S.C2HF3O2/c1-3-4-13-26-17-8-6-5-7-16(17)20-18(23(26)28)19(29-2)21(30-20)22(27)25-14-15-9-11-24-12-10-15;3-2(4,5)1(6)7/h5-12H,3-4,13-14H2,1-2H3,(H,25,27);(H,6,7). The minimum absolute atomic E-state index is 0.113. The molecular formula is C25H24F3N3O5S. The zero-order valence-corrected chi connectivity index (χ0v) is 20.8. The third-order valence-electron chi connectivity index (χ3n) is 5.35. The molecule has 1 amide bonds. The maximum absolute atomic E-state index is 13.4. The molecule has 0 unspecified atom stereocenters. The van der Waals surface area contributed by atoms with Crippen LogP contribution in [-0.4, -0.2) is 39.8 Å². The number of nitrogens with zero attached hydrogens (tertiary/aromatic N) is 2. The molecule has 4 rings (SSSR count). The van der Waals surface area contributed by atoms with Gasteiger partial charge in [-0.3, -0.25) is 14.6 Å². The van der Waals surface area contributed by atoms with Crippen molar-refractivity contribution in [3.8, 4) is 5.75 Å².